The minimum absolute atomic E-state index is 0.311. The second kappa shape index (κ2) is 9.82. The Balaban J connectivity index is 1.42. The molecule has 1 fully saturated rings. The number of ether oxygens (including phenoxy) is 1. The first-order valence-electron chi connectivity index (χ1n) is 10.9. The van der Waals surface area contributed by atoms with Crippen LogP contribution in [0.2, 0.25) is 5.02 Å². The lowest BCUT2D eigenvalue weighted by Gasteiger charge is -2.36. The molecule has 5 nitrogen and oxygen atoms in total. The fraction of sp³-hybridized carbons (Fsp3) is 0.458. The number of hydrogen-bond donors (Lipinski definition) is 0. The molecule has 1 saturated heterocycles. The van der Waals surface area contributed by atoms with Crippen molar-refractivity contribution in [2.24, 2.45) is 0 Å². The van der Waals surface area contributed by atoms with E-state index >= 15 is 0 Å². The zero-order valence-electron chi connectivity index (χ0n) is 17.9. The Bertz CT molecular complexity index is 965. The first-order valence-corrected chi connectivity index (χ1v) is 11.3. The number of benzene rings is 2. The molecule has 1 atom stereocenters. The van der Waals surface area contributed by atoms with Crippen LogP contribution in [-0.4, -0.2) is 59.2 Å². The van der Waals surface area contributed by atoms with Gasteiger partial charge in [0.05, 0.1) is 28.7 Å². The van der Waals surface area contributed by atoms with E-state index in [4.69, 9.17) is 21.3 Å². The van der Waals surface area contributed by atoms with Crippen LogP contribution in [0.25, 0.3) is 11.0 Å². The van der Waals surface area contributed by atoms with Gasteiger partial charge in [0, 0.05) is 32.7 Å². The van der Waals surface area contributed by atoms with E-state index in [1.807, 2.05) is 24.3 Å². The number of nitrogens with zero attached hydrogens (tertiary/aromatic N) is 4. The third kappa shape index (κ3) is 4.80. The number of aryl methyl sites for hydroxylation is 1. The van der Waals surface area contributed by atoms with E-state index in [-0.39, 0.29) is 0 Å². The number of para-hydroxylation sites is 3. The zero-order valence-corrected chi connectivity index (χ0v) is 18.7. The smallest absolute Gasteiger partial charge is 0.137 e. The fourth-order valence-corrected chi connectivity index (χ4v) is 4.33. The van der Waals surface area contributed by atoms with Gasteiger partial charge >= 0.3 is 0 Å². The van der Waals surface area contributed by atoms with E-state index in [9.17, 15) is 0 Å². The highest BCUT2D eigenvalue weighted by atomic mass is 35.5. The number of rotatable bonds is 8. The Labute approximate surface area is 184 Å². The van der Waals surface area contributed by atoms with E-state index in [0.717, 1.165) is 56.8 Å². The molecule has 3 aromatic rings. The van der Waals surface area contributed by atoms with Gasteiger partial charge in [0.15, 0.2) is 0 Å². The molecule has 30 heavy (non-hydrogen) atoms. The molecule has 1 aromatic heterocycles. The van der Waals surface area contributed by atoms with Gasteiger partial charge in [0.1, 0.15) is 11.6 Å². The Morgan fingerprint density at radius 2 is 1.73 bits per heavy atom. The molecule has 0 spiro atoms. The number of piperazine rings is 1. The van der Waals surface area contributed by atoms with Crippen molar-refractivity contribution in [3.63, 3.8) is 0 Å². The number of hydrogen-bond acceptors (Lipinski definition) is 4. The maximum Gasteiger partial charge on any atom is 0.137 e. The highest BCUT2D eigenvalue weighted by Crippen LogP contribution is 2.26. The van der Waals surface area contributed by atoms with Crippen molar-refractivity contribution in [1.82, 2.24) is 19.4 Å². The van der Waals surface area contributed by atoms with Crippen molar-refractivity contribution in [2.45, 2.75) is 32.4 Å². The first kappa shape index (κ1) is 21.2. The molecule has 4 rings (SSSR count). The quantitative estimate of drug-likeness (QED) is 0.482. The van der Waals surface area contributed by atoms with Crippen LogP contribution in [0.15, 0.2) is 48.5 Å². The largest absolute Gasteiger partial charge is 0.492 e. The molecule has 6 heteroatoms. The van der Waals surface area contributed by atoms with Crippen molar-refractivity contribution in [3.05, 3.63) is 59.4 Å². The van der Waals surface area contributed by atoms with E-state index in [2.05, 4.69) is 52.6 Å². The lowest BCUT2D eigenvalue weighted by molar-refractivity contribution is 0.113. The average Bonchev–Trinajstić information content (AvgIpc) is 3.13. The molecule has 2 heterocycles. The second-order valence-electron chi connectivity index (χ2n) is 8.11. The predicted molar refractivity (Wildman–Crippen MR) is 123 cm³/mol. The third-order valence-corrected chi connectivity index (χ3v) is 6.33. The maximum atomic E-state index is 6.18. The number of halogens is 1. The van der Waals surface area contributed by atoms with Crippen LogP contribution < -0.4 is 4.74 Å². The molecule has 2 aromatic carbocycles. The Morgan fingerprint density at radius 1 is 1.00 bits per heavy atom. The van der Waals surface area contributed by atoms with Crippen LogP contribution in [0.5, 0.6) is 5.75 Å². The summed E-state index contributed by atoms with van der Waals surface area (Å²) in [6.45, 7) is 8.32. The van der Waals surface area contributed by atoms with Crippen LogP contribution in [-0.2, 0) is 6.54 Å². The number of aromatic nitrogens is 2. The van der Waals surface area contributed by atoms with Crippen molar-refractivity contribution in [1.29, 1.82) is 0 Å². The molecule has 1 aliphatic heterocycles. The van der Waals surface area contributed by atoms with Gasteiger partial charge in [-0.1, -0.05) is 35.9 Å². The average molecular weight is 427 g/mol. The standard InChI is InChI=1S/C24H31ClN4O/c1-19(28-16-14-27(2)15-17-28)24-26-21-10-4-5-11-22(21)29(24)13-7-8-18-30-23-12-6-3-9-20(23)25/h3-6,9-12,19H,7-8,13-18H2,1-2H3. The Kier molecular flexibility index (Phi) is 6.93. The van der Waals surface area contributed by atoms with Gasteiger partial charge in [-0.05, 0) is 51.1 Å². The third-order valence-electron chi connectivity index (χ3n) is 6.01. The van der Waals surface area contributed by atoms with E-state index in [0.29, 0.717) is 17.7 Å². The van der Waals surface area contributed by atoms with Crippen molar-refractivity contribution in [2.75, 3.05) is 39.8 Å². The summed E-state index contributed by atoms with van der Waals surface area (Å²) < 4.78 is 8.27. The molecule has 160 valence electrons. The summed E-state index contributed by atoms with van der Waals surface area (Å²) in [5.41, 5.74) is 2.31. The van der Waals surface area contributed by atoms with Crippen LogP contribution in [0, 0.1) is 0 Å². The molecule has 0 N–H and O–H groups in total. The molecule has 0 aliphatic carbocycles. The van der Waals surface area contributed by atoms with Crippen LogP contribution in [0.4, 0.5) is 0 Å². The highest BCUT2D eigenvalue weighted by Gasteiger charge is 2.24. The number of unbranched alkanes of at least 4 members (excludes halogenated alkanes) is 1. The summed E-state index contributed by atoms with van der Waals surface area (Å²) >= 11 is 6.18. The van der Waals surface area contributed by atoms with Gasteiger partial charge in [0.25, 0.3) is 0 Å². The van der Waals surface area contributed by atoms with Crippen molar-refractivity contribution in [3.8, 4) is 5.75 Å². The van der Waals surface area contributed by atoms with Gasteiger partial charge in [-0.3, -0.25) is 4.90 Å². The number of fused-ring (bicyclic) bond motifs is 1. The van der Waals surface area contributed by atoms with Gasteiger partial charge in [-0.15, -0.1) is 0 Å². The van der Waals surface area contributed by atoms with E-state index < -0.39 is 0 Å². The summed E-state index contributed by atoms with van der Waals surface area (Å²) in [6, 6.07) is 16.4. The Morgan fingerprint density at radius 3 is 2.53 bits per heavy atom. The molecule has 0 saturated carbocycles. The maximum absolute atomic E-state index is 6.18. The van der Waals surface area contributed by atoms with Gasteiger partial charge in [0.2, 0.25) is 0 Å². The first-order chi connectivity index (χ1) is 14.6. The summed E-state index contributed by atoms with van der Waals surface area (Å²) in [6.07, 6.45) is 2.01. The van der Waals surface area contributed by atoms with Crippen molar-refractivity contribution >= 4 is 22.6 Å². The topological polar surface area (TPSA) is 33.5 Å². The molecule has 0 bridgehead atoms. The molecule has 1 aliphatic rings. The summed E-state index contributed by atoms with van der Waals surface area (Å²) in [5.74, 6) is 1.93. The fourth-order valence-electron chi connectivity index (χ4n) is 4.14. The summed E-state index contributed by atoms with van der Waals surface area (Å²) in [7, 11) is 2.20. The summed E-state index contributed by atoms with van der Waals surface area (Å²) in [4.78, 5) is 9.97. The second-order valence-corrected chi connectivity index (χ2v) is 8.52. The van der Waals surface area contributed by atoms with Gasteiger partial charge in [-0.2, -0.15) is 0 Å². The number of imidazole rings is 1. The van der Waals surface area contributed by atoms with Gasteiger partial charge in [-0.25, -0.2) is 4.98 Å². The minimum atomic E-state index is 0.311. The molecule has 1 unspecified atom stereocenters. The zero-order chi connectivity index (χ0) is 20.9. The lowest BCUT2D eigenvalue weighted by Crippen LogP contribution is -2.45. The molecular formula is C24H31ClN4O. The summed E-state index contributed by atoms with van der Waals surface area (Å²) in [5, 5.41) is 0.668. The van der Waals surface area contributed by atoms with Gasteiger partial charge < -0.3 is 14.2 Å². The van der Waals surface area contributed by atoms with E-state index in [1.54, 1.807) is 0 Å². The normalized spacial score (nSPS) is 16.8. The minimum Gasteiger partial charge on any atom is -0.492 e. The van der Waals surface area contributed by atoms with Crippen LogP contribution in [0.3, 0.4) is 0 Å². The molecule has 0 radical (unpaired) electrons. The molecule has 0 amide bonds. The predicted octanol–water partition coefficient (Wildman–Crippen LogP) is 4.86. The molecular weight excluding hydrogens is 396 g/mol. The van der Waals surface area contributed by atoms with Crippen LogP contribution in [0.1, 0.15) is 31.6 Å². The lowest BCUT2D eigenvalue weighted by atomic mass is 10.2. The van der Waals surface area contributed by atoms with E-state index in [1.165, 1.54) is 11.3 Å². The highest BCUT2D eigenvalue weighted by molar-refractivity contribution is 6.32. The van der Waals surface area contributed by atoms with Crippen molar-refractivity contribution < 1.29 is 4.74 Å². The Hall–Kier alpha value is -2.08. The SMILES string of the molecule is CC(c1nc2ccccc2n1CCCCOc1ccccc1Cl)N1CCN(C)CC1. The van der Waals surface area contributed by atoms with Crippen LogP contribution >= 0.6 is 11.6 Å². The number of likely N-dealkylation sites (N-methyl/N-ethyl adjacent to an activating group) is 1. The monoisotopic (exact) mass is 426 g/mol.